The molecule has 0 aromatic heterocycles. The van der Waals surface area contributed by atoms with Gasteiger partial charge in [0.1, 0.15) is 0 Å². The van der Waals surface area contributed by atoms with Gasteiger partial charge < -0.3 is 10.4 Å². The minimum atomic E-state index is -0.980. The summed E-state index contributed by atoms with van der Waals surface area (Å²) in [6, 6.07) is 5.52. The van der Waals surface area contributed by atoms with Crippen molar-refractivity contribution in [2.75, 3.05) is 0 Å². The van der Waals surface area contributed by atoms with Gasteiger partial charge >= 0.3 is 6.09 Å². The predicted octanol–water partition coefficient (Wildman–Crippen LogP) is 3.97. The van der Waals surface area contributed by atoms with E-state index < -0.39 is 6.09 Å². The van der Waals surface area contributed by atoms with Crippen molar-refractivity contribution in [1.29, 1.82) is 0 Å². The molecule has 0 fully saturated rings. The summed E-state index contributed by atoms with van der Waals surface area (Å²) in [5, 5.41) is 12.1. The van der Waals surface area contributed by atoms with E-state index in [4.69, 9.17) is 28.3 Å². The van der Waals surface area contributed by atoms with Gasteiger partial charge in [0.15, 0.2) is 0 Å². The molecule has 5 heteroatoms. The number of hydrogen-bond donors (Lipinski definition) is 2. The molecule has 1 unspecified atom stereocenters. The first-order valence-electron chi connectivity index (χ1n) is 5.42. The number of hydrogen-bond acceptors (Lipinski definition) is 1. The highest BCUT2D eigenvalue weighted by atomic mass is 35.5. The highest BCUT2D eigenvalue weighted by Gasteiger charge is 2.05. The van der Waals surface area contributed by atoms with Crippen LogP contribution in [0.5, 0.6) is 0 Å². The third kappa shape index (κ3) is 5.29. The quantitative estimate of drug-likeness (QED) is 0.854. The van der Waals surface area contributed by atoms with Gasteiger partial charge in [0.2, 0.25) is 0 Å². The van der Waals surface area contributed by atoms with Crippen molar-refractivity contribution in [3.05, 3.63) is 33.8 Å². The summed E-state index contributed by atoms with van der Waals surface area (Å²) in [6.45, 7) is 1.85. The van der Waals surface area contributed by atoms with Crippen molar-refractivity contribution in [2.24, 2.45) is 0 Å². The van der Waals surface area contributed by atoms with Crippen molar-refractivity contribution < 1.29 is 9.90 Å². The van der Waals surface area contributed by atoms with E-state index >= 15 is 0 Å². The van der Waals surface area contributed by atoms with Gasteiger partial charge in [-0.1, -0.05) is 29.3 Å². The van der Waals surface area contributed by atoms with Gasteiger partial charge in [-0.25, -0.2) is 4.79 Å². The minimum Gasteiger partial charge on any atom is -0.465 e. The van der Waals surface area contributed by atoms with E-state index in [-0.39, 0.29) is 6.04 Å². The van der Waals surface area contributed by atoms with Gasteiger partial charge in [-0.2, -0.15) is 0 Å². The molecule has 1 amide bonds. The van der Waals surface area contributed by atoms with Crippen LogP contribution in [0.3, 0.4) is 0 Å². The zero-order valence-electron chi connectivity index (χ0n) is 9.54. The van der Waals surface area contributed by atoms with Crippen LogP contribution in [0.4, 0.5) is 4.79 Å². The summed E-state index contributed by atoms with van der Waals surface area (Å²) in [6.07, 6.45) is 1.58. The molecule has 0 radical (unpaired) electrons. The Morgan fingerprint density at radius 3 is 2.71 bits per heavy atom. The van der Waals surface area contributed by atoms with Crippen LogP contribution in [0.1, 0.15) is 25.3 Å². The van der Waals surface area contributed by atoms with Crippen molar-refractivity contribution in [2.45, 2.75) is 32.2 Å². The molecule has 1 aromatic carbocycles. The number of rotatable bonds is 5. The van der Waals surface area contributed by atoms with Crippen LogP contribution in [-0.2, 0) is 6.42 Å². The summed E-state index contributed by atoms with van der Waals surface area (Å²) in [4.78, 5) is 10.4. The molecular weight excluding hydrogens is 261 g/mol. The Hall–Kier alpha value is -0.930. The second-order valence-corrected chi connectivity index (χ2v) is 4.81. The van der Waals surface area contributed by atoms with Crippen LogP contribution >= 0.6 is 23.2 Å². The second-order valence-electron chi connectivity index (χ2n) is 3.99. The lowest BCUT2D eigenvalue weighted by molar-refractivity contribution is 0.190. The van der Waals surface area contributed by atoms with Gasteiger partial charge in [-0.3, -0.25) is 0 Å². The summed E-state index contributed by atoms with van der Waals surface area (Å²) in [5.41, 5.74) is 1.11. The third-order valence-electron chi connectivity index (χ3n) is 2.46. The lowest BCUT2D eigenvalue weighted by Gasteiger charge is -2.10. The molecule has 0 saturated heterocycles. The fraction of sp³-hybridized carbons (Fsp3) is 0.417. The fourth-order valence-corrected chi connectivity index (χ4v) is 1.91. The summed E-state index contributed by atoms with van der Waals surface area (Å²) in [7, 11) is 0. The molecule has 1 aromatic rings. The molecule has 0 heterocycles. The maximum atomic E-state index is 10.4. The van der Waals surface area contributed by atoms with Crippen molar-refractivity contribution >= 4 is 29.3 Å². The van der Waals surface area contributed by atoms with Crippen LogP contribution < -0.4 is 5.32 Å². The normalized spacial score (nSPS) is 12.2. The van der Waals surface area contributed by atoms with E-state index in [0.29, 0.717) is 10.0 Å². The number of carbonyl (C=O) groups is 1. The zero-order chi connectivity index (χ0) is 12.8. The molecule has 3 nitrogen and oxygen atoms in total. The van der Waals surface area contributed by atoms with Crippen LogP contribution in [0.15, 0.2) is 18.2 Å². The Labute approximate surface area is 111 Å². The van der Waals surface area contributed by atoms with Crippen molar-refractivity contribution in [3.63, 3.8) is 0 Å². The monoisotopic (exact) mass is 275 g/mol. The molecule has 0 saturated carbocycles. The van der Waals surface area contributed by atoms with E-state index in [9.17, 15) is 4.79 Å². The van der Waals surface area contributed by atoms with Crippen molar-refractivity contribution in [3.8, 4) is 0 Å². The fourth-order valence-electron chi connectivity index (χ4n) is 1.59. The first-order chi connectivity index (χ1) is 7.99. The average molecular weight is 276 g/mol. The highest BCUT2D eigenvalue weighted by molar-refractivity contribution is 6.42. The molecular formula is C12H15Cl2NO2. The predicted molar refractivity (Wildman–Crippen MR) is 70.0 cm³/mol. The Morgan fingerprint density at radius 1 is 1.41 bits per heavy atom. The number of benzene rings is 1. The average Bonchev–Trinajstić information content (AvgIpc) is 2.22. The Balaban J connectivity index is 2.35. The van der Waals surface area contributed by atoms with E-state index in [0.717, 1.165) is 24.8 Å². The van der Waals surface area contributed by atoms with E-state index in [2.05, 4.69) is 5.32 Å². The van der Waals surface area contributed by atoms with Gasteiger partial charge in [-0.05, 0) is 43.9 Å². The lowest BCUT2D eigenvalue weighted by atomic mass is 10.1. The Bertz CT molecular complexity index is 396. The number of nitrogens with one attached hydrogen (secondary N) is 1. The minimum absolute atomic E-state index is 0.0322. The van der Waals surface area contributed by atoms with Crippen molar-refractivity contribution in [1.82, 2.24) is 5.32 Å². The van der Waals surface area contributed by atoms with Gasteiger partial charge in [0, 0.05) is 6.04 Å². The second kappa shape index (κ2) is 6.72. The van der Waals surface area contributed by atoms with Crippen LogP contribution in [0, 0.1) is 0 Å². The molecule has 1 rings (SSSR count). The standard InChI is InChI=1S/C12H15Cl2NO2/c1-8(15-12(16)17)3-2-4-9-5-6-10(13)11(14)7-9/h5-8,15H,2-4H2,1H3,(H,16,17). The Kier molecular flexibility index (Phi) is 5.59. The van der Waals surface area contributed by atoms with E-state index in [1.807, 2.05) is 19.1 Å². The maximum absolute atomic E-state index is 10.4. The first kappa shape index (κ1) is 14.1. The van der Waals surface area contributed by atoms with Crippen LogP contribution in [-0.4, -0.2) is 17.2 Å². The summed E-state index contributed by atoms with van der Waals surface area (Å²) < 4.78 is 0. The van der Waals surface area contributed by atoms with Crippen LogP contribution in [0.25, 0.3) is 0 Å². The molecule has 94 valence electrons. The van der Waals surface area contributed by atoms with E-state index in [1.54, 1.807) is 6.07 Å². The third-order valence-corrected chi connectivity index (χ3v) is 3.20. The SMILES string of the molecule is CC(CCCc1ccc(Cl)c(Cl)c1)NC(=O)O. The number of aryl methyl sites for hydroxylation is 1. The molecule has 0 aliphatic carbocycles. The largest absolute Gasteiger partial charge is 0.465 e. The topological polar surface area (TPSA) is 49.3 Å². The van der Waals surface area contributed by atoms with E-state index in [1.165, 1.54) is 0 Å². The highest BCUT2D eigenvalue weighted by Crippen LogP contribution is 2.23. The lowest BCUT2D eigenvalue weighted by Crippen LogP contribution is -2.30. The molecule has 0 bridgehead atoms. The summed E-state index contributed by atoms with van der Waals surface area (Å²) >= 11 is 11.7. The molecule has 17 heavy (non-hydrogen) atoms. The molecule has 1 atom stereocenters. The van der Waals surface area contributed by atoms with Gasteiger partial charge in [0.05, 0.1) is 10.0 Å². The Morgan fingerprint density at radius 2 is 2.12 bits per heavy atom. The van der Waals surface area contributed by atoms with Crippen LogP contribution in [0.2, 0.25) is 10.0 Å². The zero-order valence-corrected chi connectivity index (χ0v) is 11.1. The number of carboxylic acid groups (broad SMARTS) is 1. The molecule has 2 N–H and O–H groups in total. The molecule has 0 aliphatic rings. The smallest absolute Gasteiger partial charge is 0.404 e. The van der Waals surface area contributed by atoms with Gasteiger partial charge in [-0.15, -0.1) is 0 Å². The maximum Gasteiger partial charge on any atom is 0.404 e. The number of amides is 1. The molecule has 0 spiro atoms. The number of halogens is 2. The first-order valence-corrected chi connectivity index (χ1v) is 6.18. The summed E-state index contributed by atoms with van der Waals surface area (Å²) in [5.74, 6) is 0. The molecule has 0 aliphatic heterocycles. The van der Waals surface area contributed by atoms with Gasteiger partial charge in [0.25, 0.3) is 0 Å².